The summed E-state index contributed by atoms with van der Waals surface area (Å²) in [6.45, 7) is 4.90. The van der Waals surface area contributed by atoms with Crippen molar-refractivity contribution >= 4 is 11.6 Å². The quantitative estimate of drug-likeness (QED) is 0.840. The normalized spacial score (nSPS) is 17.5. The maximum absolute atomic E-state index is 12.2. The van der Waals surface area contributed by atoms with Gasteiger partial charge in [0.05, 0.1) is 5.69 Å². The molecule has 4 heteroatoms. The molecule has 0 aromatic carbocycles. The second-order valence-corrected chi connectivity index (χ2v) is 4.89. The number of nitrogens with two attached hydrogens (primary N) is 1. The Bertz CT molecular complexity index is 413. The summed E-state index contributed by atoms with van der Waals surface area (Å²) in [5.74, 6) is 0.00472. The van der Waals surface area contributed by atoms with Crippen LogP contribution in [0.2, 0.25) is 0 Å². The number of amides is 1. The molecule has 0 radical (unpaired) electrons. The van der Waals surface area contributed by atoms with Crippen LogP contribution in [-0.4, -0.2) is 16.0 Å². The molecule has 17 heavy (non-hydrogen) atoms. The Hall–Kier alpha value is -1.45. The third kappa shape index (κ3) is 2.16. The Morgan fingerprint density at radius 2 is 2.24 bits per heavy atom. The van der Waals surface area contributed by atoms with E-state index in [-0.39, 0.29) is 11.4 Å². The van der Waals surface area contributed by atoms with E-state index in [0.29, 0.717) is 11.4 Å². The molecule has 1 aliphatic rings. The zero-order valence-electron chi connectivity index (χ0n) is 10.6. The predicted molar refractivity (Wildman–Crippen MR) is 68.9 cm³/mol. The van der Waals surface area contributed by atoms with Crippen LogP contribution >= 0.6 is 0 Å². The molecule has 1 amide bonds. The lowest BCUT2D eigenvalue weighted by Crippen LogP contribution is -2.53. The highest BCUT2D eigenvalue weighted by molar-refractivity contribution is 5.94. The molecule has 94 valence electrons. The first-order valence-corrected chi connectivity index (χ1v) is 6.38. The first-order valence-electron chi connectivity index (χ1n) is 6.38. The number of nitrogen functional groups attached to an aromatic ring is 1. The van der Waals surface area contributed by atoms with Gasteiger partial charge in [-0.1, -0.05) is 6.92 Å². The lowest BCUT2D eigenvalue weighted by Gasteiger charge is -2.42. The summed E-state index contributed by atoms with van der Waals surface area (Å²) in [6, 6.07) is 1.75. The predicted octanol–water partition coefficient (Wildman–Crippen LogP) is 2.15. The maximum atomic E-state index is 12.2. The Labute approximate surface area is 102 Å². The van der Waals surface area contributed by atoms with E-state index in [2.05, 4.69) is 12.2 Å². The van der Waals surface area contributed by atoms with E-state index in [0.717, 1.165) is 25.8 Å². The molecular weight excluding hydrogens is 214 g/mol. The van der Waals surface area contributed by atoms with Gasteiger partial charge in [0.25, 0.3) is 5.91 Å². The van der Waals surface area contributed by atoms with E-state index in [1.54, 1.807) is 6.07 Å². The molecule has 0 unspecified atom stereocenters. The standard InChI is InChI=1S/C13H21N3O/c1-3-13(6-5-7-13)15-12(17)11-8-10(14)9-16(11)4-2/h8-9H,3-7,14H2,1-2H3,(H,15,17). The second kappa shape index (κ2) is 4.43. The van der Waals surface area contributed by atoms with Crippen LogP contribution in [0.5, 0.6) is 0 Å². The molecule has 0 bridgehead atoms. The number of aryl methyl sites for hydroxylation is 1. The molecular formula is C13H21N3O. The zero-order chi connectivity index (χ0) is 12.5. The van der Waals surface area contributed by atoms with Crippen molar-refractivity contribution in [2.24, 2.45) is 0 Å². The third-order valence-corrected chi connectivity index (χ3v) is 3.86. The van der Waals surface area contributed by atoms with Crippen molar-refractivity contribution < 1.29 is 4.79 Å². The first kappa shape index (κ1) is 12.0. The number of nitrogens with zero attached hydrogens (tertiary/aromatic N) is 1. The summed E-state index contributed by atoms with van der Waals surface area (Å²) >= 11 is 0. The Morgan fingerprint density at radius 3 is 2.71 bits per heavy atom. The molecule has 1 heterocycles. The zero-order valence-corrected chi connectivity index (χ0v) is 10.6. The fraction of sp³-hybridized carbons (Fsp3) is 0.615. The van der Waals surface area contributed by atoms with E-state index in [4.69, 9.17) is 5.73 Å². The molecule has 1 aromatic heterocycles. The minimum Gasteiger partial charge on any atom is -0.397 e. The number of nitrogens with one attached hydrogen (secondary N) is 1. The largest absolute Gasteiger partial charge is 0.397 e. The fourth-order valence-electron chi connectivity index (χ4n) is 2.46. The molecule has 1 aromatic rings. The molecule has 0 aliphatic heterocycles. The monoisotopic (exact) mass is 235 g/mol. The van der Waals surface area contributed by atoms with Crippen molar-refractivity contribution in [3.05, 3.63) is 18.0 Å². The number of carbonyl (C=O) groups excluding carboxylic acids is 1. The van der Waals surface area contributed by atoms with Crippen molar-refractivity contribution in [3.63, 3.8) is 0 Å². The van der Waals surface area contributed by atoms with Crippen LogP contribution in [0.4, 0.5) is 5.69 Å². The number of rotatable bonds is 4. The molecule has 2 rings (SSSR count). The average Bonchev–Trinajstić information content (AvgIpc) is 2.65. The topological polar surface area (TPSA) is 60.0 Å². The van der Waals surface area contributed by atoms with Crippen molar-refractivity contribution in [3.8, 4) is 0 Å². The number of hydrogen-bond acceptors (Lipinski definition) is 2. The number of anilines is 1. The van der Waals surface area contributed by atoms with Gasteiger partial charge in [-0.2, -0.15) is 0 Å². The van der Waals surface area contributed by atoms with Gasteiger partial charge in [0.15, 0.2) is 0 Å². The SMILES string of the molecule is CCn1cc(N)cc1C(=O)NC1(CC)CCC1. The van der Waals surface area contributed by atoms with Crippen molar-refractivity contribution in [1.29, 1.82) is 0 Å². The Balaban J connectivity index is 2.14. The van der Waals surface area contributed by atoms with Gasteiger partial charge in [0.1, 0.15) is 5.69 Å². The van der Waals surface area contributed by atoms with E-state index in [1.807, 2.05) is 17.7 Å². The van der Waals surface area contributed by atoms with Gasteiger partial charge >= 0.3 is 0 Å². The summed E-state index contributed by atoms with van der Waals surface area (Å²) in [6.07, 6.45) is 6.22. The fourth-order valence-corrected chi connectivity index (χ4v) is 2.46. The second-order valence-electron chi connectivity index (χ2n) is 4.89. The summed E-state index contributed by atoms with van der Waals surface area (Å²) in [5.41, 5.74) is 7.09. The van der Waals surface area contributed by atoms with Crippen LogP contribution in [0, 0.1) is 0 Å². The average molecular weight is 235 g/mol. The smallest absolute Gasteiger partial charge is 0.268 e. The van der Waals surface area contributed by atoms with Crippen molar-refractivity contribution in [2.75, 3.05) is 5.73 Å². The van der Waals surface area contributed by atoms with Gasteiger partial charge in [-0.3, -0.25) is 4.79 Å². The van der Waals surface area contributed by atoms with Gasteiger partial charge in [-0.15, -0.1) is 0 Å². The lowest BCUT2D eigenvalue weighted by atomic mass is 9.75. The molecule has 0 atom stereocenters. The van der Waals surface area contributed by atoms with E-state index in [1.165, 1.54) is 6.42 Å². The van der Waals surface area contributed by atoms with Gasteiger partial charge in [0, 0.05) is 18.3 Å². The molecule has 0 saturated heterocycles. The van der Waals surface area contributed by atoms with Gasteiger partial charge in [-0.05, 0) is 38.7 Å². The molecule has 1 saturated carbocycles. The van der Waals surface area contributed by atoms with Crippen LogP contribution in [0.15, 0.2) is 12.3 Å². The summed E-state index contributed by atoms with van der Waals surface area (Å²) < 4.78 is 1.90. The molecule has 1 aliphatic carbocycles. The van der Waals surface area contributed by atoms with Gasteiger partial charge in [-0.25, -0.2) is 0 Å². The minimum atomic E-state index is 0.00472. The van der Waals surface area contributed by atoms with E-state index in [9.17, 15) is 4.79 Å². The molecule has 0 spiro atoms. The van der Waals surface area contributed by atoms with Crippen LogP contribution in [0.25, 0.3) is 0 Å². The highest BCUT2D eigenvalue weighted by Crippen LogP contribution is 2.34. The number of aromatic nitrogens is 1. The van der Waals surface area contributed by atoms with Crippen LogP contribution in [0.1, 0.15) is 50.0 Å². The highest BCUT2D eigenvalue weighted by atomic mass is 16.2. The number of carbonyl (C=O) groups is 1. The van der Waals surface area contributed by atoms with Crippen LogP contribution in [0.3, 0.4) is 0 Å². The minimum absolute atomic E-state index is 0.00472. The van der Waals surface area contributed by atoms with Crippen LogP contribution < -0.4 is 11.1 Å². The maximum Gasteiger partial charge on any atom is 0.268 e. The summed E-state index contributed by atoms with van der Waals surface area (Å²) in [7, 11) is 0. The first-order chi connectivity index (χ1) is 8.10. The molecule has 3 N–H and O–H groups in total. The van der Waals surface area contributed by atoms with Crippen LogP contribution in [-0.2, 0) is 6.54 Å². The highest BCUT2D eigenvalue weighted by Gasteiger charge is 2.37. The van der Waals surface area contributed by atoms with E-state index >= 15 is 0 Å². The third-order valence-electron chi connectivity index (χ3n) is 3.86. The summed E-state index contributed by atoms with van der Waals surface area (Å²) in [4.78, 5) is 12.2. The van der Waals surface area contributed by atoms with Gasteiger partial charge in [0.2, 0.25) is 0 Å². The number of hydrogen-bond donors (Lipinski definition) is 2. The van der Waals surface area contributed by atoms with Crippen molar-refractivity contribution in [2.45, 2.75) is 51.6 Å². The van der Waals surface area contributed by atoms with Gasteiger partial charge < -0.3 is 15.6 Å². The Morgan fingerprint density at radius 1 is 1.53 bits per heavy atom. The Kier molecular flexibility index (Phi) is 3.13. The molecule has 1 fully saturated rings. The molecule has 4 nitrogen and oxygen atoms in total. The lowest BCUT2D eigenvalue weighted by molar-refractivity contribution is 0.0811. The van der Waals surface area contributed by atoms with E-state index < -0.39 is 0 Å². The summed E-state index contributed by atoms with van der Waals surface area (Å²) in [5, 5.41) is 3.17. The van der Waals surface area contributed by atoms with Crippen molar-refractivity contribution in [1.82, 2.24) is 9.88 Å².